The Bertz CT molecular complexity index is 889. The number of rotatable bonds is 20. The molecule has 0 fully saturated rings. The van der Waals surface area contributed by atoms with Crippen LogP contribution in [0.25, 0.3) is 10.9 Å². The zero-order valence-corrected chi connectivity index (χ0v) is 23.2. The van der Waals surface area contributed by atoms with Gasteiger partial charge in [-0.3, -0.25) is 4.79 Å². The lowest BCUT2D eigenvalue weighted by molar-refractivity contribution is 0.314. The number of methoxy groups -OCH3 is 1. The van der Waals surface area contributed by atoms with Crippen LogP contribution in [0.1, 0.15) is 121 Å². The van der Waals surface area contributed by atoms with E-state index in [9.17, 15) is 4.79 Å². The molecule has 1 aromatic heterocycles. The third kappa shape index (κ3) is 11.2. The van der Waals surface area contributed by atoms with Gasteiger partial charge in [-0.25, -0.2) is 0 Å². The molecule has 1 aromatic carbocycles. The predicted octanol–water partition coefficient (Wildman–Crippen LogP) is 8.54. The molecule has 0 atom stereocenters. The topological polar surface area (TPSA) is 45.3 Å². The highest BCUT2D eigenvalue weighted by atomic mass is 16.5. The van der Waals surface area contributed by atoms with E-state index >= 15 is 0 Å². The number of benzene rings is 1. The highest BCUT2D eigenvalue weighted by Crippen LogP contribution is 2.19. The van der Waals surface area contributed by atoms with Crippen molar-refractivity contribution in [1.29, 1.82) is 0 Å². The van der Waals surface area contributed by atoms with Crippen LogP contribution in [0.3, 0.4) is 0 Å². The van der Waals surface area contributed by atoms with Gasteiger partial charge in [0.05, 0.1) is 12.6 Å². The molecule has 2 rings (SSSR count). The number of unbranched alkanes of at least 4 members (excludes halogenated alkanes) is 15. The first kappa shape index (κ1) is 29.4. The summed E-state index contributed by atoms with van der Waals surface area (Å²) >= 11 is 0. The molecular weight excluding hydrogens is 432 g/mol. The molecule has 0 aliphatic carbocycles. The van der Waals surface area contributed by atoms with Gasteiger partial charge in [0.25, 0.3) is 0 Å². The second kappa shape index (κ2) is 17.6. The minimum atomic E-state index is 0.137. The van der Waals surface area contributed by atoms with Gasteiger partial charge in [0.15, 0.2) is 5.43 Å². The SMILES string of the molecule is CCCCCCCCCCCCCCCCCCN(C)Cc1c(C)[nH]c2cc(OC)ccc2c1=O. The number of aromatic nitrogens is 1. The standard InChI is InChI=1S/C31H52N2O2/c1-5-6-7-8-9-10-11-12-13-14-15-16-17-18-19-20-23-33(3)25-29-26(2)32-30-24-27(35-4)21-22-28(30)31(29)34/h21-22,24H,5-20,23,25H2,1-4H3,(H,32,34). The zero-order valence-electron chi connectivity index (χ0n) is 23.2. The van der Waals surface area contributed by atoms with E-state index in [-0.39, 0.29) is 5.43 Å². The Morgan fingerprint density at radius 1 is 0.800 bits per heavy atom. The molecule has 35 heavy (non-hydrogen) atoms. The van der Waals surface area contributed by atoms with Gasteiger partial charge in [0.1, 0.15) is 5.75 Å². The molecule has 4 nitrogen and oxygen atoms in total. The lowest BCUT2D eigenvalue weighted by Crippen LogP contribution is -2.25. The molecule has 198 valence electrons. The average Bonchev–Trinajstić information content (AvgIpc) is 2.85. The minimum Gasteiger partial charge on any atom is -0.497 e. The number of hydrogen-bond donors (Lipinski definition) is 1. The van der Waals surface area contributed by atoms with Crippen LogP contribution in [-0.4, -0.2) is 30.6 Å². The van der Waals surface area contributed by atoms with Crippen LogP contribution in [0.15, 0.2) is 23.0 Å². The Morgan fingerprint density at radius 2 is 1.31 bits per heavy atom. The number of ether oxygens (including phenoxy) is 1. The van der Waals surface area contributed by atoms with Crippen molar-refractivity contribution in [3.8, 4) is 5.75 Å². The molecule has 1 heterocycles. The average molecular weight is 485 g/mol. The van der Waals surface area contributed by atoms with E-state index in [1.54, 1.807) is 7.11 Å². The largest absolute Gasteiger partial charge is 0.497 e. The van der Waals surface area contributed by atoms with E-state index in [4.69, 9.17) is 4.74 Å². The summed E-state index contributed by atoms with van der Waals surface area (Å²) in [6.07, 6.45) is 22.3. The summed E-state index contributed by atoms with van der Waals surface area (Å²) < 4.78 is 5.29. The molecule has 1 N–H and O–H groups in total. The van der Waals surface area contributed by atoms with Gasteiger partial charge in [-0.15, -0.1) is 0 Å². The Morgan fingerprint density at radius 3 is 1.83 bits per heavy atom. The summed E-state index contributed by atoms with van der Waals surface area (Å²) in [6.45, 7) is 6.02. The Kier molecular flexibility index (Phi) is 14.8. The Hall–Kier alpha value is -1.81. The molecule has 0 saturated heterocycles. The van der Waals surface area contributed by atoms with Gasteiger partial charge in [-0.1, -0.05) is 103 Å². The molecular formula is C31H52N2O2. The first-order valence-corrected chi connectivity index (χ1v) is 14.4. The van der Waals surface area contributed by atoms with Crippen molar-refractivity contribution >= 4 is 10.9 Å². The molecule has 4 heteroatoms. The first-order valence-electron chi connectivity index (χ1n) is 14.4. The first-order chi connectivity index (χ1) is 17.1. The summed E-state index contributed by atoms with van der Waals surface area (Å²) in [4.78, 5) is 18.7. The van der Waals surface area contributed by atoms with Gasteiger partial charge in [-0.2, -0.15) is 0 Å². The lowest BCUT2D eigenvalue weighted by atomic mass is 10.0. The maximum absolute atomic E-state index is 13.0. The van der Waals surface area contributed by atoms with Crippen LogP contribution in [0.4, 0.5) is 0 Å². The van der Waals surface area contributed by atoms with Crippen LogP contribution < -0.4 is 10.2 Å². The van der Waals surface area contributed by atoms with Gasteiger partial charge in [-0.05, 0) is 39.1 Å². The molecule has 0 saturated carbocycles. The fourth-order valence-corrected chi connectivity index (χ4v) is 5.03. The Balaban J connectivity index is 1.52. The molecule has 0 unspecified atom stereocenters. The van der Waals surface area contributed by atoms with Crippen LogP contribution in [-0.2, 0) is 6.54 Å². The summed E-state index contributed by atoms with van der Waals surface area (Å²) in [5.74, 6) is 0.765. The zero-order chi connectivity index (χ0) is 25.3. The highest BCUT2D eigenvalue weighted by molar-refractivity contribution is 5.80. The van der Waals surface area contributed by atoms with Gasteiger partial charge in [0, 0.05) is 29.3 Å². The number of fused-ring (bicyclic) bond motifs is 1. The molecule has 2 aromatic rings. The molecule has 0 bridgehead atoms. The van der Waals surface area contributed by atoms with Crippen LogP contribution in [0, 0.1) is 6.92 Å². The number of aromatic amines is 1. The van der Waals surface area contributed by atoms with Gasteiger partial charge >= 0.3 is 0 Å². The maximum atomic E-state index is 13.0. The number of nitrogens with zero attached hydrogens (tertiary/aromatic N) is 1. The monoisotopic (exact) mass is 484 g/mol. The van der Waals surface area contributed by atoms with Crippen LogP contribution in [0.2, 0.25) is 0 Å². The third-order valence-corrected chi connectivity index (χ3v) is 7.34. The predicted molar refractivity (Wildman–Crippen MR) is 152 cm³/mol. The van der Waals surface area contributed by atoms with Crippen molar-refractivity contribution < 1.29 is 4.74 Å². The van der Waals surface area contributed by atoms with Gasteiger partial charge in [0.2, 0.25) is 0 Å². The summed E-state index contributed by atoms with van der Waals surface area (Å²) in [5, 5.41) is 0.738. The smallest absolute Gasteiger partial charge is 0.194 e. The fraction of sp³-hybridized carbons (Fsp3) is 0.710. The minimum absolute atomic E-state index is 0.137. The van der Waals surface area contributed by atoms with Crippen molar-refractivity contribution in [2.45, 2.75) is 123 Å². The number of hydrogen-bond acceptors (Lipinski definition) is 3. The summed E-state index contributed by atoms with van der Waals surface area (Å²) in [6, 6.07) is 5.62. The van der Waals surface area contributed by atoms with E-state index in [1.807, 2.05) is 25.1 Å². The molecule has 0 radical (unpaired) electrons. The second-order valence-corrected chi connectivity index (χ2v) is 10.5. The molecule has 0 amide bonds. The second-order valence-electron chi connectivity index (χ2n) is 10.5. The van der Waals surface area contributed by atoms with Crippen molar-refractivity contribution in [2.24, 2.45) is 0 Å². The normalized spacial score (nSPS) is 11.6. The fourth-order valence-electron chi connectivity index (χ4n) is 5.03. The van der Waals surface area contributed by atoms with Crippen LogP contribution >= 0.6 is 0 Å². The number of nitrogens with one attached hydrogen (secondary N) is 1. The third-order valence-electron chi connectivity index (χ3n) is 7.34. The summed E-state index contributed by atoms with van der Waals surface area (Å²) in [7, 11) is 3.77. The van der Waals surface area contributed by atoms with Crippen molar-refractivity contribution in [3.63, 3.8) is 0 Å². The molecule has 0 aliphatic rings. The van der Waals surface area contributed by atoms with Crippen molar-refractivity contribution in [1.82, 2.24) is 9.88 Å². The van der Waals surface area contributed by atoms with E-state index in [1.165, 1.54) is 103 Å². The molecule has 0 spiro atoms. The van der Waals surface area contributed by atoms with E-state index in [0.29, 0.717) is 6.54 Å². The number of aryl methyl sites for hydroxylation is 1. The quantitative estimate of drug-likeness (QED) is 0.191. The van der Waals surface area contributed by atoms with Gasteiger partial charge < -0.3 is 14.6 Å². The van der Waals surface area contributed by atoms with E-state index < -0.39 is 0 Å². The van der Waals surface area contributed by atoms with Crippen molar-refractivity contribution in [2.75, 3.05) is 20.7 Å². The maximum Gasteiger partial charge on any atom is 0.194 e. The van der Waals surface area contributed by atoms with E-state index in [0.717, 1.165) is 34.5 Å². The summed E-state index contributed by atoms with van der Waals surface area (Å²) in [5.41, 5.74) is 2.81. The molecule has 0 aliphatic heterocycles. The Labute approximate surface area is 214 Å². The van der Waals surface area contributed by atoms with Crippen LogP contribution in [0.5, 0.6) is 5.75 Å². The van der Waals surface area contributed by atoms with Crippen molar-refractivity contribution in [3.05, 3.63) is 39.7 Å². The number of pyridine rings is 1. The highest BCUT2D eigenvalue weighted by Gasteiger charge is 2.12. The van der Waals surface area contributed by atoms with E-state index in [2.05, 4.69) is 23.9 Å². The number of H-pyrrole nitrogens is 1. The lowest BCUT2D eigenvalue weighted by Gasteiger charge is -2.18.